The maximum atomic E-state index is 8.84. The van der Waals surface area contributed by atoms with Gasteiger partial charge in [-0.25, -0.2) is 11.5 Å². The molecule has 0 saturated carbocycles. The molecule has 2 aromatic carbocycles. The molecular weight excluding hydrogens is 588 g/mol. The second kappa shape index (κ2) is 25.5. The molecule has 250 valence electrons. The molecule has 0 aromatic heterocycles. The Hall–Kier alpha value is -2.69. The Morgan fingerprint density at radius 1 is 0.667 bits per heavy atom. The maximum Gasteiger partial charge on any atom is 0.272 e. The van der Waals surface area contributed by atoms with Crippen molar-refractivity contribution in [2.75, 3.05) is 105 Å². The molecule has 2 fully saturated rings. The van der Waals surface area contributed by atoms with Crippen molar-refractivity contribution < 1.29 is 0 Å². The number of nitrogens with zero attached hydrogens (tertiary/aromatic N) is 6. The van der Waals surface area contributed by atoms with Gasteiger partial charge in [-0.2, -0.15) is 5.26 Å². The van der Waals surface area contributed by atoms with Crippen LogP contribution in [-0.2, 0) is 0 Å². The summed E-state index contributed by atoms with van der Waals surface area (Å²) >= 11 is 0. The molecule has 4 rings (SSSR count). The Bertz CT molecular complexity index is 1020. The molecule has 13 heteroatoms. The maximum absolute atomic E-state index is 8.84. The molecule has 2 heterocycles. The molecule has 2 aliphatic rings. The molecule has 1 unspecified atom stereocenters. The smallest absolute Gasteiger partial charge is 0.272 e. The normalized spacial score (nSPS) is 17.3. The third-order valence-electron chi connectivity index (χ3n) is 7.41. The van der Waals surface area contributed by atoms with Crippen LogP contribution in [-0.4, -0.2) is 124 Å². The highest BCUT2D eigenvalue weighted by molar-refractivity contribution is 5.85. The molecular formula is C32H55ClN12. The summed E-state index contributed by atoms with van der Waals surface area (Å²) in [6.07, 6.45) is 0.424. The van der Waals surface area contributed by atoms with Gasteiger partial charge < -0.3 is 33.6 Å². The first-order valence-electron chi connectivity index (χ1n) is 15.6. The number of nitrogens with two attached hydrogens (primary N) is 4. The van der Waals surface area contributed by atoms with Gasteiger partial charge in [-0.05, 0) is 11.1 Å². The van der Waals surface area contributed by atoms with E-state index in [-0.39, 0.29) is 18.6 Å². The van der Waals surface area contributed by atoms with Crippen molar-refractivity contribution in [3.63, 3.8) is 0 Å². The second-order valence-corrected chi connectivity index (χ2v) is 10.5. The summed E-state index contributed by atoms with van der Waals surface area (Å²) < 4.78 is 0. The lowest BCUT2D eigenvalue weighted by molar-refractivity contribution is 0.143. The molecule has 45 heavy (non-hydrogen) atoms. The molecule has 0 spiro atoms. The van der Waals surface area contributed by atoms with Gasteiger partial charge in [0.15, 0.2) is 0 Å². The molecule has 0 aliphatic carbocycles. The van der Waals surface area contributed by atoms with E-state index in [2.05, 4.69) is 83.6 Å². The highest BCUT2D eigenvalue weighted by Crippen LogP contribution is 2.30. The molecule has 10 N–H and O–H groups in total. The van der Waals surface area contributed by atoms with Crippen LogP contribution in [0.1, 0.15) is 23.5 Å². The van der Waals surface area contributed by atoms with Crippen LogP contribution in [0.2, 0.25) is 0 Å². The zero-order valence-corrected chi connectivity index (χ0v) is 27.5. The van der Waals surface area contributed by atoms with Crippen molar-refractivity contribution in [1.82, 2.24) is 30.2 Å². The van der Waals surface area contributed by atoms with E-state index >= 15 is 0 Å². The lowest BCUT2D eigenvalue weighted by Crippen LogP contribution is -2.36. The standard InChI is InChI=1S/C13H14N4.C13H22N4.C6H18N4.ClH/c1-15-11-17-10-9-16(8-7-14)13(17)12-5-3-2-4-6-12;14-6-8-16-10-11-17(9-7-15)13(16)12-4-2-1-3-5-12;7-1-3-9-5-6-10-4-2-8;/h2-6,13H,8-11H2;1-5,13H,6-11,14-15H2;9-10H,1-8H2;1H. The number of hydrogen-bond donors (Lipinski definition) is 6. The summed E-state index contributed by atoms with van der Waals surface area (Å²) in [5, 5.41) is 15.2. The van der Waals surface area contributed by atoms with Crippen LogP contribution in [0.25, 0.3) is 4.85 Å². The van der Waals surface area contributed by atoms with Gasteiger partial charge in [0, 0.05) is 91.6 Å². The topological polar surface area (TPSA) is 169 Å². The van der Waals surface area contributed by atoms with E-state index in [0.717, 1.165) is 71.0 Å². The Balaban J connectivity index is 0.000000347. The fourth-order valence-electron chi connectivity index (χ4n) is 5.48. The predicted octanol–water partition coefficient (Wildman–Crippen LogP) is 0.428. The minimum absolute atomic E-state index is 0. The van der Waals surface area contributed by atoms with E-state index in [1.54, 1.807) is 0 Å². The summed E-state index contributed by atoms with van der Waals surface area (Å²) in [7, 11) is 0. The van der Waals surface area contributed by atoms with Gasteiger partial charge in [0.25, 0.3) is 6.67 Å². The third-order valence-corrected chi connectivity index (χ3v) is 7.41. The summed E-state index contributed by atoms with van der Waals surface area (Å²) in [5.41, 5.74) is 24.4. The quantitative estimate of drug-likeness (QED) is 0.0905. The van der Waals surface area contributed by atoms with Gasteiger partial charge in [-0.15, -0.1) is 12.4 Å². The van der Waals surface area contributed by atoms with Crippen LogP contribution in [0.4, 0.5) is 0 Å². The van der Waals surface area contributed by atoms with Crippen molar-refractivity contribution in [3.8, 4) is 6.07 Å². The molecule has 0 bridgehead atoms. The van der Waals surface area contributed by atoms with Crippen LogP contribution in [0.5, 0.6) is 0 Å². The summed E-state index contributed by atoms with van der Waals surface area (Å²) in [6.45, 7) is 20.1. The van der Waals surface area contributed by atoms with Crippen LogP contribution in [0, 0.1) is 17.9 Å². The fraction of sp³-hybridized carbons (Fsp3) is 0.562. The Kier molecular flexibility index (Phi) is 22.9. The Morgan fingerprint density at radius 3 is 1.49 bits per heavy atom. The van der Waals surface area contributed by atoms with Crippen LogP contribution >= 0.6 is 12.4 Å². The predicted molar refractivity (Wildman–Crippen MR) is 186 cm³/mol. The third kappa shape index (κ3) is 14.5. The van der Waals surface area contributed by atoms with Crippen LogP contribution in [0.15, 0.2) is 60.7 Å². The number of hydrogen-bond acceptors (Lipinski definition) is 11. The van der Waals surface area contributed by atoms with Crippen molar-refractivity contribution in [2.45, 2.75) is 12.3 Å². The summed E-state index contributed by atoms with van der Waals surface area (Å²) in [6, 6.07) is 22.9. The van der Waals surface area contributed by atoms with Crippen molar-refractivity contribution in [3.05, 3.63) is 83.2 Å². The number of nitrogens with one attached hydrogen (secondary N) is 2. The summed E-state index contributed by atoms with van der Waals surface area (Å²) in [4.78, 5) is 12.5. The van der Waals surface area contributed by atoms with E-state index < -0.39 is 0 Å². The first-order valence-corrected chi connectivity index (χ1v) is 15.6. The average molecular weight is 643 g/mol. The SMILES string of the molecule is Cl.NCCN1CCN(CCN)C1c1ccccc1.NCCNCCNCCN.[C-]#[N+]CN1CCN(CC#N)C1c1ccccc1. The second-order valence-electron chi connectivity index (χ2n) is 10.5. The minimum Gasteiger partial charge on any atom is -0.329 e. The van der Waals surface area contributed by atoms with E-state index in [1.807, 2.05) is 18.2 Å². The molecule has 2 aromatic rings. The molecule has 0 amide bonds. The van der Waals surface area contributed by atoms with E-state index in [4.69, 9.17) is 34.8 Å². The number of rotatable bonds is 15. The number of nitriles is 1. The van der Waals surface area contributed by atoms with Gasteiger partial charge in [-0.3, -0.25) is 19.5 Å². The molecule has 2 aliphatic heterocycles. The largest absolute Gasteiger partial charge is 0.329 e. The zero-order chi connectivity index (χ0) is 31.8. The van der Waals surface area contributed by atoms with E-state index in [0.29, 0.717) is 45.6 Å². The van der Waals surface area contributed by atoms with Crippen molar-refractivity contribution in [2.24, 2.45) is 22.9 Å². The Morgan fingerprint density at radius 2 is 1.09 bits per heavy atom. The molecule has 1 atom stereocenters. The molecule has 2 saturated heterocycles. The van der Waals surface area contributed by atoms with Crippen molar-refractivity contribution in [1.29, 1.82) is 5.26 Å². The molecule has 0 radical (unpaired) electrons. The van der Waals surface area contributed by atoms with Crippen LogP contribution in [0.3, 0.4) is 0 Å². The highest BCUT2D eigenvalue weighted by atomic mass is 35.5. The number of benzene rings is 2. The van der Waals surface area contributed by atoms with Crippen LogP contribution < -0.4 is 33.6 Å². The zero-order valence-electron chi connectivity index (χ0n) is 26.6. The monoisotopic (exact) mass is 642 g/mol. The van der Waals surface area contributed by atoms with Gasteiger partial charge in [-0.1, -0.05) is 60.7 Å². The van der Waals surface area contributed by atoms with Gasteiger partial charge in [0.1, 0.15) is 0 Å². The summed E-state index contributed by atoms with van der Waals surface area (Å²) in [5.74, 6) is 0. The van der Waals surface area contributed by atoms with Crippen molar-refractivity contribution >= 4 is 12.4 Å². The lowest BCUT2D eigenvalue weighted by Gasteiger charge is -2.30. The fourth-order valence-corrected chi connectivity index (χ4v) is 5.48. The average Bonchev–Trinajstić information content (AvgIpc) is 3.64. The first-order chi connectivity index (χ1) is 21.6. The molecule has 12 nitrogen and oxygen atoms in total. The number of halogens is 1. The van der Waals surface area contributed by atoms with Gasteiger partial charge >= 0.3 is 0 Å². The minimum atomic E-state index is 0. The first kappa shape index (κ1) is 40.3. The van der Waals surface area contributed by atoms with E-state index in [9.17, 15) is 0 Å². The highest BCUT2D eigenvalue weighted by Gasteiger charge is 2.34. The Labute approximate surface area is 276 Å². The van der Waals surface area contributed by atoms with Gasteiger partial charge in [0.05, 0.1) is 24.9 Å². The van der Waals surface area contributed by atoms with Gasteiger partial charge in [0.2, 0.25) is 0 Å². The lowest BCUT2D eigenvalue weighted by atomic mass is 10.1. The van der Waals surface area contributed by atoms with E-state index in [1.165, 1.54) is 5.56 Å².